The molecule has 0 aliphatic heterocycles. The SMILES string of the molecule is CCc1ccccc1CNC(=O)[C@H](CC(N)=O)NC(=O)OC(C)(C)C. The summed E-state index contributed by atoms with van der Waals surface area (Å²) in [5, 5.41) is 5.13. The molecule has 1 aromatic carbocycles. The Labute approximate surface area is 148 Å². The first-order valence-corrected chi connectivity index (χ1v) is 8.24. The molecule has 1 aromatic rings. The first-order valence-electron chi connectivity index (χ1n) is 8.24. The van der Waals surface area contributed by atoms with Gasteiger partial charge in [-0.2, -0.15) is 0 Å². The molecule has 138 valence electrons. The molecule has 0 fully saturated rings. The Hall–Kier alpha value is -2.57. The summed E-state index contributed by atoms with van der Waals surface area (Å²) in [6.45, 7) is 7.45. The van der Waals surface area contributed by atoms with Crippen LogP contribution in [0, 0.1) is 0 Å². The van der Waals surface area contributed by atoms with Crippen LogP contribution in [0.15, 0.2) is 24.3 Å². The first-order chi connectivity index (χ1) is 11.6. The Morgan fingerprint density at radius 1 is 1.16 bits per heavy atom. The highest BCUT2D eigenvalue weighted by Crippen LogP contribution is 2.10. The minimum Gasteiger partial charge on any atom is -0.444 e. The molecule has 25 heavy (non-hydrogen) atoms. The van der Waals surface area contributed by atoms with Crippen molar-refractivity contribution in [3.05, 3.63) is 35.4 Å². The van der Waals surface area contributed by atoms with Gasteiger partial charge in [0.1, 0.15) is 11.6 Å². The number of hydrogen-bond donors (Lipinski definition) is 3. The third-order valence-electron chi connectivity index (χ3n) is 3.37. The van der Waals surface area contributed by atoms with E-state index >= 15 is 0 Å². The summed E-state index contributed by atoms with van der Waals surface area (Å²) < 4.78 is 5.12. The van der Waals surface area contributed by atoms with Crippen LogP contribution in [0.5, 0.6) is 0 Å². The number of carbonyl (C=O) groups is 3. The Morgan fingerprint density at radius 2 is 1.76 bits per heavy atom. The molecule has 3 amide bonds. The number of alkyl carbamates (subject to hydrolysis) is 1. The van der Waals surface area contributed by atoms with Gasteiger partial charge in [0.15, 0.2) is 0 Å². The molecule has 1 rings (SSSR count). The molecule has 0 bridgehead atoms. The lowest BCUT2D eigenvalue weighted by atomic mass is 10.1. The second-order valence-electron chi connectivity index (χ2n) is 6.71. The zero-order valence-corrected chi connectivity index (χ0v) is 15.2. The molecule has 7 heteroatoms. The van der Waals surface area contributed by atoms with Crippen LogP contribution in [0.1, 0.15) is 45.2 Å². The molecule has 0 aliphatic rings. The van der Waals surface area contributed by atoms with Crippen molar-refractivity contribution in [2.45, 2.75) is 58.7 Å². The van der Waals surface area contributed by atoms with Crippen molar-refractivity contribution in [3.63, 3.8) is 0 Å². The van der Waals surface area contributed by atoms with Crippen LogP contribution >= 0.6 is 0 Å². The number of aryl methyl sites for hydroxylation is 1. The lowest BCUT2D eigenvalue weighted by Gasteiger charge is -2.23. The molecular weight excluding hydrogens is 322 g/mol. The minimum atomic E-state index is -1.08. The molecule has 0 unspecified atom stereocenters. The van der Waals surface area contributed by atoms with Crippen LogP contribution in [-0.4, -0.2) is 29.6 Å². The molecule has 0 spiro atoms. The summed E-state index contributed by atoms with van der Waals surface area (Å²) in [4.78, 5) is 35.4. The molecule has 1 atom stereocenters. The number of rotatable bonds is 7. The van der Waals surface area contributed by atoms with Crippen molar-refractivity contribution in [1.29, 1.82) is 0 Å². The second kappa shape index (κ2) is 9.05. The zero-order chi connectivity index (χ0) is 19.0. The summed E-state index contributed by atoms with van der Waals surface area (Å²) in [5.74, 6) is -1.18. The van der Waals surface area contributed by atoms with Gasteiger partial charge in [0.2, 0.25) is 11.8 Å². The Morgan fingerprint density at radius 3 is 2.28 bits per heavy atom. The van der Waals surface area contributed by atoms with Crippen molar-refractivity contribution in [3.8, 4) is 0 Å². The maximum atomic E-state index is 12.4. The summed E-state index contributed by atoms with van der Waals surface area (Å²) in [7, 11) is 0. The van der Waals surface area contributed by atoms with Crippen molar-refractivity contribution >= 4 is 17.9 Å². The van der Waals surface area contributed by atoms with Crippen LogP contribution in [0.4, 0.5) is 4.79 Å². The Balaban J connectivity index is 2.73. The van der Waals surface area contributed by atoms with Gasteiger partial charge in [-0.05, 0) is 38.3 Å². The van der Waals surface area contributed by atoms with E-state index in [-0.39, 0.29) is 6.42 Å². The van der Waals surface area contributed by atoms with E-state index in [4.69, 9.17) is 10.5 Å². The van der Waals surface area contributed by atoms with Gasteiger partial charge < -0.3 is 21.1 Å². The molecule has 4 N–H and O–H groups in total. The van der Waals surface area contributed by atoms with E-state index in [1.807, 2.05) is 31.2 Å². The number of nitrogens with one attached hydrogen (secondary N) is 2. The van der Waals surface area contributed by atoms with E-state index in [2.05, 4.69) is 10.6 Å². The fraction of sp³-hybridized carbons (Fsp3) is 0.500. The maximum Gasteiger partial charge on any atom is 0.408 e. The van der Waals surface area contributed by atoms with Crippen LogP contribution in [0.3, 0.4) is 0 Å². The number of ether oxygens (including phenoxy) is 1. The first kappa shape index (κ1) is 20.5. The van der Waals surface area contributed by atoms with Gasteiger partial charge in [0, 0.05) is 6.54 Å². The van der Waals surface area contributed by atoms with E-state index < -0.39 is 29.6 Å². The predicted octanol–water partition coefficient (Wildman–Crippen LogP) is 1.63. The van der Waals surface area contributed by atoms with Crippen molar-refractivity contribution in [2.24, 2.45) is 5.73 Å². The van der Waals surface area contributed by atoms with Crippen molar-refractivity contribution in [2.75, 3.05) is 0 Å². The highest BCUT2D eigenvalue weighted by atomic mass is 16.6. The highest BCUT2D eigenvalue weighted by Gasteiger charge is 2.25. The van der Waals surface area contributed by atoms with Gasteiger partial charge in [-0.15, -0.1) is 0 Å². The summed E-state index contributed by atoms with van der Waals surface area (Å²) in [5.41, 5.74) is 6.57. The fourth-order valence-electron chi connectivity index (χ4n) is 2.24. The van der Waals surface area contributed by atoms with Crippen LogP contribution in [0.25, 0.3) is 0 Å². The molecule has 7 nitrogen and oxygen atoms in total. The normalized spacial score (nSPS) is 12.2. The molecular formula is C18H27N3O4. The number of benzene rings is 1. The number of hydrogen-bond acceptors (Lipinski definition) is 4. The molecule has 0 heterocycles. The van der Waals surface area contributed by atoms with E-state index in [0.717, 1.165) is 17.5 Å². The molecule has 0 aromatic heterocycles. The quantitative estimate of drug-likeness (QED) is 0.695. The molecule has 0 saturated heterocycles. The van der Waals surface area contributed by atoms with Crippen molar-refractivity contribution in [1.82, 2.24) is 10.6 Å². The number of primary amides is 1. The van der Waals surface area contributed by atoms with Gasteiger partial charge >= 0.3 is 6.09 Å². The lowest BCUT2D eigenvalue weighted by molar-refractivity contribution is -0.127. The Kier molecular flexibility index (Phi) is 7.42. The zero-order valence-electron chi connectivity index (χ0n) is 15.2. The van der Waals surface area contributed by atoms with Crippen LogP contribution < -0.4 is 16.4 Å². The van der Waals surface area contributed by atoms with Gasteiger partial charge in [-0.3, -0.25) is 9.59 Å². The van der Waals surface area contributed by atoms with E-state index in [0.29, 0.717) is 6.54 Å². The van der Waals surface area contributed by atoms with Crippen molar-refractivity contribution < 1.29 is 19.1 Å². The van der Waals surface area contributed by atoms with E-state index in [1.165, 1.54) is 0 Å². The van der Waals surface area contributed by atoms with Gasteiger partial charge in [-0.25, -0.2) is 4.79 Å². The van der Waals surface area contributed by atoms with Gasteiger partial charge in [-0.1, -0.05) is 31.2 Å². The molecule has 0 aliphatic carbocycles. The fourth-order valence-corrected chi connectivity index (χ4v) is 2.24. The molecule has 0 radical (unpaired) electrons. The molecule has 0 saturated carbocycles. The lowest BCUT2D eigenvalue weighted by Crippen LogP contribution is -2.49. The largest absolute Gasteiger partial charge is 0.444 e. The number of carbonyl (C=O) groups excluding carboxylic acids is 3. The average molecular weight is 349 g/mol. The Bertz CT molecular complexity index is 623. The summed E-state index contributed by atoms with van der Waals surface area (Å²) in [6.07, 6.45) is -0.240. The minimum absolute atomic E-state index is 0.300. The topological polar surface area (TPSA) is 111 Å². The van der Waals surface area contributed by atoms with Gasteiger partial charge in [0.05, 0.1) is 6.42 Å². The van der Waals surface area contributed by atoms with Crippen LogP contribution in [0.2, 0.25) is 0 Å². The smallest absolute Gasteiger partial charge is 0.408 e. The monoisotopic (exact) mass is 349 g/mol. The highest BCUT2D eigenvalue weighted by molar-refractivity contribution is 5.90. The van der Waals surface area contributed by atoms with E-state index in [1.54, 1.807) is 20.8 Å². The summed E-state index contributed by atoms with van der Waals surface area (Å²) in [6, 6.07) is 6.65. The average Bonchev–Trinajstić information content (AvgIpc) is 2.49. The maximum absolute atomic E-state index is 12.4. The second-order valence-corrected chi connectivity index (χ2v) is 6.71. The number of nitrogens with two attached hydrogens (primary N) is 1. The van der Waals surface area contributed by atoms with Gasteiger partial charge in [0.25, 0.3) is 0 Å². The van der Waals surface area contributed by atoms with E-state index in [9.17, 15) is 14.4 Å². The summed E-state index contributed by atoms with van der Waals surface area (Å²) >= 11 is 0. The predicted molar refractivity (Wildman–Crippen MR) is 94.6 cm³/mol. The third kappa shape index (κ3) is 7.69. The standard InChI is InChI=1S/C18H27N3O4/c1-5-12-8-6-7-9-13(12)11-20-16(23)14(10-15(19)22)21-17(24)25-18(2,3)4/h6-9,14H,5,10-11H2,1-4H3,(H2,19,22)(H,20,23)(H,21,24)/t14-/m0/s1. The third-order valence-corrected chi connectivity index (χ3v) is 3.37. The van der Waals surface area contributed by atoms with Crippen LogP contribution in [-0.2, 0) is 27.3 Å². The number of amides is 3.